The summed E-state index contributed by atoms with van der Waals surface area (Å²) in [6, 6.07) is 17.1. The number of nitrogens with zero attached hydrogens (tertiary/aromatic N) is 1. The molecule has 0 amide bonds. The monoisotopic (exact) mass is 378 g/mol. The highest BCUT2D eigenvalue weighted by atomic mass is 79.9. The molecule has 0 bridgehead atoms. The number of hydrogen-bond acceptors (Lipinski definition) is 2. The number of hydrogen-bond donors (Lipinski definition) is 1. The van der Waals surface area contributed by atoms with Crippen molar-refractivity contribution in [2.45, 2.75) is 25.4 Å². The van der Waals surface area contributed by atoms with Gasteiger partial charge < -0.3 is 5.32 Å². The Morgan fingerprint density at radius 3 is 2.50 bits per heavy atom. The summed E-state index contributed by atoms with van der Waals surface area (Å²) in [6.07, 6.45) is 2.36. The molecule has 0 spiro atoms. The molecule has 0 atom stereocenters. The zero-order chi connectivity index (χ0) is 15.4. The molecular weight excluding hydrogens is 360 g/mol. The molecule has 0 radical (unpaired) electrons. The van der Waals surface area contributed by atoms with E-state index in [4.69, 9.17) is 11.6 Å². The van der Waals surface area contributed by atoms with Gasteiger partial charge in [-0.15, -0.1) is 0 Å². The average molecular weight is 380 g/mol. The standard InChI is InChI=1S/C18H20BrClN2/c19-15-2-1-3-18(12-15)21-17-8-10-22(11-9-17)13-14-4-6-16(20)7-5-14/h1-7,12,17,21H,8-11,13H2. The van der Waals surface area contributed by atoms with Crippen LogP contribution < -0.4 is 5.32 Å². The topological polar surface area (TPSA) is 15.3 Å². The second-order valence-corrected chi connectivity index (χ2v) is 7.18. The van der Waals surface area contributed by atoms with E-state index in [-0.39, 0.29) is 0 Å². The molecule has 1 saturated heterocycles. The van der Waals surface area contributed by atoms with E-state index in [1.807, 2.05) is 12.1 Å². The maximum absolute atomic E-state index is 5.94. The van der Waals surface area contributed by atoms with Gasteiger partial charge in [0.1, 0.15) is 0 Å². The van der Waals surface area contributed by atoms with Gasteiger partial charge in [0, 0.05) is 40.9 Å². The van der Waals surface area contributed by atoms with Gasteiger partial charge in [-0.1, -0.05) is 45.7 Å². The first-order chi connectivity index (χ1) is 10.7. The van der Waals surface area contributed by atoms with Crippen LogP contribution in [0.5, 0.6) is 0 Å². The minimum Gasteiger partial charge on any atom is -0.382 e. The highest BCUT2D eigenvalue weighted by Gasteiger charge is 2.19. The Balaban J connectivity index is 1.49. The maximum atomic E-state index is 5.94. The van der Waals surface area contributed by atoms with Crippen molar-refractivity contribution in [3.63, 3.8) is 0 Å². The van der Waals surface area contributed by atoms with Crippen LogP contribution in [0.4, 0.5) is 5.69 Å². The SMILES string of the molecule is Clc1ccc(CN2CCC(Nc3cccc(Br)c3)CC2)cc1. The fourth-order valence-electron chi connectivity index (χ4n) is 2.90. The van der Waals surface area contributed by atoms with Crippen molar-refractivity contribution in [1.29, 1.82) is 0 Å². The fourth-order valence-corrected chi connectivity index (χ4v) is 3.42. The van der Waals surface area contributed by atoms with Crippen LogP contribution in [0.1, 0.15) is 18.4 Å². The Bertz CT molecular complexity index is 607. The number of piperidine rings is 1. The fraction of sp³-hybridized carbons (Fsp3) is 0.333. The lowest BCUT2D eigenvalue weighted by molar-refractivity contribution is 0.211. The third-order valence-electron chi connectivity index (χ3n) is 4.10. The zero-order valence-electron chi connectivity index (χ0n) is 12.4. The summed E-state index contributed by atoms with van der Waals surface area (Å²) in [5.41, 5.74) is 2.54. The van der Waals surface area contributed by atoms with Crippen LogP contribution in [0, 0.1) is 0 Å². The van der Waals surface area contributed by atoms with Gasteiger partial charge in [-0.05, 0) is 48.7 Å². The number of halogens is 2. The maximum Gasteiger partial charge on any atom is 0.0406 e. The normalized spacial score (nSPS) is 16.6. The summed E-state index contributed by atoms with van der Waals surface area (Å²) in [6.45, 7) is 3.28. The van der Waals surface area contributed by atoms with Gasteiger partial charge in [0.15, 0.2) is 0 Å². The molecule has 22 heavy (non-hydrogen) atoms. The van der Waals surface area contributed by atoms with Crippen molar-refractivity contribution >= 4 is 33.2 Å². The Kier molecular flexibility index (Phi) is 5.40. The third kappa shape index (κ3) is 4.48. The molecule has 1 aliphatic heterocycles. The van der Waals surface area contributed by atoms with E-state index in [1.165, 1.54) is 24.1 Å². The molecule has 4 heteroatoms. The Hall–Kier alpha value is -1.03. The lowest BCUT2D eigenvalue weighted by Crippen LogP contribution is -2.38. The molecule has 2 nitrogen and oxygen atoms in total. The largest absolute Gasteiger partial charge is 0.382 e. The number of benzene rings is 2. The van der Waals surface area contributed by atoms with Crippen LogP contribution >= 0.6 is 27.5 Å². The first kappa shape index (κ1) is 15.9. The smallest absolute Gasteiger partial charge is 0.0406 e. The van der Waals surface area contributed by atoms with E-state index in [0.717, 1.165) is 29.1 Å². The lowest BCUT2D eigenvalue weighted by atomic mass is 10.0. The Morgan fingerprint density at radius 2 is 1.82 bits per heavy atom. The molecule has 2 aromatic rings. The van der Waals surface area contributed by atoms with Crippen LogP contribution in [0.2, 0.25) is 5.02 Å². The molecule has 0 unspecified atom stereocenters. The Labute approximate surface area is 145 Å². The van der Waals surface area contributed by atoms with Crippen molar-refractivity contribution in [3.8, 4) is 0 Å². The molecule has 1 N–H and O–H groups in total. The molecule has 3 rings (SSSR count). The molecule has 1 heterocycles. The second-order valence-electron chi connectivity index (χ2n) is 5.83. The lowest BCUT2D eigenvalue weighted by Gasteiger charge is -2.33. The van der Waals surface area contributed by atoms with Gasteiger partial charge in [-0.2, -0.15) is 0 Å². The van der Waals surface area contributed by atoms with Crippen molar-refractivity contribution in [2.24, 2.45) is 0 Å². The zero-order valence-corrected chi connectivity index (χ0v) is 14.8. The molecule has 1 aliphatic rings. The highest BCUT2D eigenvalue weighted by molar-refractivity contribution is 9.10. The van der Waals surface area contributed by atoms with Gasteiger partial charge in [0.25, 0.3) is 0 Å². The van der Waals surface area contributed by atoms with Crippen LogP contribution in [-0.2, 0) is 6.54 Å². The van der Waals surface area contributed by atoms with Gasteiger partial charge in [-0.25, -0.2) is 0 Å². The highest BCUT2D eigenvalue weighted by Crippen LogP contribution is 2.21. The van der Waals surface area contributed by atoms with Crippen molar-refractivity contribution in [2.75, 3.05) is 18.4 Å². The molecule has 116 valence electrons. The van der Waals surface area contributed by atoms with E-state index in [2.05, 4.69) is 62.5 Å². The van der Waals surface area contributed by atoms with Gasteiger partial charge >= 0.3 is 0 Å². The van der Waals surface area contributed by atoms with Crippen LogP contribution in [0.25, 0.3) is 0 Å². The second kappa shape index (κ2) is 7.49. The van der Waals surface area contributed by atoms with Crippen molar-refractivity contribution < 1.29 is 0 Å². The molecular formula is C18H20BrClN2. The quantitative estimate of drug-likeness (QED) is 0.787. The van der Waals surface area contributed by atoms with Crippen LogP contribution in [0.15, 0.2) is 53.0 Å². The summed E-state index contributed by atoms with van der Waals surface area (Å²) in [5, 5.41) is 4.45. The molecule has 0 saturated carbocycles. The molecule has 0 aromatic heterocycles. The molecule has 1 fully saturated rings. The Morgan fingerprint density at radius 1 is 1.09 bits per heavy atom. The number of nitrogens with one attached hydrogen (secondary N) is 1. The van der Waals surface area contributed by atoms with E-state index < -0.39 is 0 Å². The summed E-state index contributed by atoms with van der Waals surface area (Å²) in [4.78, 5) is 2.52. The van der Waals surface area contributed by atoms with Crippen molar-refractivity contribution in [3.05, 3.63) is 63.6 Å². The van der Waals surface area contributed by atoms with E-state index >= 15 is 0 Å². The summed E-state index contributed by atoms with van der Waals surface area (Å²) in [7, 11) is 0. The van der Waals surface area contributed by atoms with E-state index in [1.54, 1.807) is 0 Å². The summed E-state index contributed by atoms with van der Waals surface area (Å²) >= 11 is 9.46. The first-order valence-electron chi connectivity index (χ1n) is 7.68. The predicted octanol–water partition coefficient (Wildman–Crippen LogP) is 5.18. The minimum atomic E-state index is 0.566. The molecule has 0 aliphatic carbocycles. The first-order valence-corrected chi connectivity index (χ1v) is 8.85. The number of rotatable bonds is 4. The van der Waals surface area contributed by atoms with Gasteiger partial charge in [0.05, 0.1) is 0 Å². The minimum absolute atomic E-state index is 0.566. The van der Waals surface area contributed by atoms with Crippen LogP contribution in [-0.4, -0.2) is 24.0 Å². The number of anilines is 1. The third-order valence-corrected chi connectivity index (χ3v) is 4.85. The van der Waals surface area contributed by atoms with E-state index in [9.17, 15) is 0 Å². The summed E-state index contributed by atoms with van der Waals surface area (Å²) in [5.74, 6) is 0. The van der Waals surface area contributed by atoms with Crippen LogP contribution in [0.3, 0.4) is 0 Å². The van der Waals surface area contributed by atoms with E-state index in [0.29, 0.717) is 6.04 Å². The number of likely N-dealkylation sites (tertiary alicyclic amines) is 1. The predicted molar refractivity (Wildman–Crippen MR) is 97.5 cm³/mol. The molecule has 2 aromatic carbocycles. The van der Waals surface area contributed by atoms with Gasteiger partial charge in [0.2, 0.25) is 0 Å². The van der Waals surface area contributed by atoms with Crippen molar-refractivity contribution in [1.82, 2.24) is 4.90 Å². The average Bonchev–Trinajstić information content (AvgIpc) is 2.52. The summed E-state index contributed by atoms with van der Waals surface area (Å²) < 4.78 is 1.12. The van der Waals surface area contributed by atoms with Gasteiger partial charge in [-0.3, -0.25) is 4.90 Å².